The number of ether oxygens (including phenoxy) is 1. The van der Waals surface area contributed by atoms with Gasteiger partial charge in [0.05, 0.1) is 6.61 Å². The fourth-order valence-electron chi connectivity index (χ4n) is 3.15. The van der Waals surface area contributed by atoms with Crippen LogP contribution in [0.5, 0.6) is 0 Å². The van der Waals surface area contributed by atoms with E-state index in [1.54, 1.807) is 0 Å². The second kappa shape index (κ2) is 8.08. The molecule has 1 unspecified atom stereocenters. The van der Waals surface area contributed by atoms with Gasteiger partial charge >= 0.3 is 0 Å². The molecular weight excluding hydrogens is 264 g/mol. The van der Waals surface area contributed by atoms with Crippen LogP contribution in [0.15, 0.2) is 0 Å². The van der Waals surface area contributed by atoms with E-state index in [2.05, 4.69) is 0 Å². The minimum absolute atomic E-state index is 0. The predicted octanol–water partition coefficient (Wildman–Crippen LogP) is 1.81. The Hall–Kier alpha value is -0.320. The van der Waals surface area contributed by atoms with Crippen molar-refractivity contribution in [1.29, 1.82) is 0 Å². The number of carbonyl (C=O) groups is 1. The molecule has 4 nitrogen and oxygen atoms in total. The van der Waals surface area contributed by atoms with Crippen molar-refractivity contribution in [3.63, 3.8) is 0 Å². The summed E-state index contributed by atoms with van der Waals surface area (Å²) in [5.74, 6) is 1.26. The highest BCUT2D eigenvalue weighted by molar-refractivity contribution is 5.85. The minimum atomic E-state index is 0. The molecule has 0 aromatic rings. The molecule has 1 aliphatic carbocycles. The predicted molar refractivity (Wildman–Crippen MR) is 78.4 cm³/mol. The highest BCUT2D eigenvalue weighted by Crippen LogP contribution is 2.28. The molecule has 3 atom stereocenters. The summed E-state index contributed by atoms with van der Waals surface area (Å²) in [5.41, 5.74) is 6.03. The summed E-state index contributed by atoms with van der Waals surface area (Å²) in [6.07, 6.45) is 5.14. The van der Waals surface area contributed by atoms with Crippen molar-refractivity contribution >= 4 is 18.3 Å². The van der Waals surface area contributed by atoms with Gasteiger partial charge in [-0.05, 0) is 32.1 Å². The van der Waals surface area contributed by atoms with E-state index in [4.69, 9.17) is 10.5 Å². The topological polar surface area (TPSA) is 55.6 Å². The largest absolute Gasteiger partial charge is 0.381 e. The summed E-state index contributed by atoms with van der Waals surface area (Å²) >= 11 is 0. The average Bonchev–Trinajstić information content (AvgIpc) is 2.97. The van der Waals surface area contributed by atoms with E-state index in [0.29, 0.717) is 24.2 Å². The molecule has 2 fully saturated rings. The van der Waals surface area contributed by atoms with E-state index < -0.39 is 0 Å². The minimum Gasteiger partial charge on any atom is -0.381 e. The summed E-state index contributed by atoms with van der Waals surface area (Å²) in [5, 5.41) is 0. The van der Waals surface area contributed by atoms with E-state index in [-0.39, 0.29) is 18.4 Å². The lowest BCUT2D eigenvalue weighted by Crippen LogP contribution is -2.34. The third-order valence-corrected chi connectivity index (χ3v) is 4.35. The monoisotopic (exact) mass is 290 g/mol. The maximum Gasteiger partial charge on any atom is 0.222 e. The highest BCUT2D eigenvalue weighted by Gasteiger charge is 2.31. The van der Waals surface area contributed by atoms with Crippen LogP contribution in [0.25, 0.3) is 0 Å². The van der Waals surface area contributed by atoms with E-state index >= 15 is 0 Å². The van der Waals surface area contributed by atoms with Gasteiger partial charge in [0.2, 0.25) is 5.91 Å². The molecule has 19 heavy (non-hydrogen) atoms. The lowest BCUT2D eigenvalue weighted by molar-refractivity contribution is -0.131. The molecule has 2 N–H and O–H groups in total. The van der Waals surface area contributed by atoms with Crippen molar-refractivity contribution in [2.24, 2.45) is 17.6 Å². The standard InChI is InChI=1S/C14H26N2O2.ClH/c1-2-18-10-11-6-7-16(9-11)14(17)8-12-4-3-5-13(12)15;/h11-13H,2-10,15H2,1H3;1H/t11?,12-,13+;/m0./s1. The van der Waals surface area contributed by atoms with Gasteiger partial charge in [0.1, 0.15) is 0 Å². The Labute approximate surface area is 122 Å². The number of nitrogens with two attached hydrogens (primary N) is 1. The van der Waals surface area contributed by atoms with Gasteiger partial charge in [-0.25, -0.2) is 0 Å². The molecule has 1 amide bonds. The normalized spacial score (nSPS) is 30.4. The summed E-state index contributed by atoms with van der Waals surface area (Å²) in [4.78, 5) is 14.2. The molecule has 1 aliphatic heterocycles. The Bertz CT molecular complexity index is 289. The van der Waals surface area contributed by atoms with Crippen LogP contribution in [0.4, 0.5) is 0 Å². The summed E-state index contributed by atoms with van der Waals surface area (Å²) < 4.78 is 5.44. The van der Waals surface area contributed by atoms with E-state index in [0.717, 1.165) is 45.6 Å². The molecule has 112 valence electrons. The van der Waals surface area contributed by atoms with E-state index in [9.17, 15) is 4.79 Å². The SMILES string of the molecule is CCOCC1CCN(C(=O)C[C@@H]2CCC[C@H]2N)C1.Cl. The van der Waals surface area contributed by atoms with Crippen molar-refractivity contribution in [2.45, 2.75) is 45.1 Å². The van der Waals surface area contributed by atoms with Crippen LogP contribution in [0.3, 0.4) is 0 Å². The molecule has 0 aromatic carbocycles. The molecule has 5 heteroatoms. The first-order valence-electron chi connectivity index (χ1n) is 7.31. The molecule has 2 rings (SSSR count). The maximum atomic E-state index is 12.2. The third-order valence-electron chi connectivity index (χ3n) is 4.35. The maximum absolute atomic E-state index is 12.2. The number of hydrogen-bond acceptors (Lipinski definition) is 3. The first-order valence-corrected chi connectivity index (χ1v) is 7.31. The third kappa shape index (κ3) is 4.62. The van der Waals surface area contributed by atoms with Gasteiger partial charge in [-0.2, -0.15) is 0 Å². The zero-order chi connectivity index (χ0) is 13.0. The van der Waals surface area contributed by atoms with Crippen molar-refractivity contribution in [2.75, 3.05) is 26.3 Å². The lowest BCUT2D eigenvalue weighted by Gasteiger charge is -2.21. The Morgan fingerprint density at radius 1 is 1.37 bits per heavy atom. The number of hydrogen-bond donors (Lipinski definition) is 1. The summed E-state index contributed by atoms with van der Waals surface area (Å²) in [6.45, 7) is 5.35. The van der Waals surface area contributed by atoms with E-state index in [1.165, 1.54) is 6.42 Å². The van der Waals surface area contributed by atoms with Crippen LogP contribution in [0.1, 0.15) is 39.0 Å². The average molecular weight is 291 g/mol. The molecule has 0 aromatic heterocycles. The van der Waals surface area contributed by atoms with Crippen LogP contribution in [0.2, 0.25) is 0 Å². The Morgan fingerprint density at radius 2 is 2.16 bits per heavy atom. The fourth-order valence-corrected chi connectivity index (χ4v) is 3.15. The first-order chi connectivity index (χ1) is 8.70. The van der Waals surface area contributed by atoms with Gasteiger partial charge in [0.25, 0.3) is 0 Å². The van der Waals surface area contributed by atoms with Crippen LogP contribution < -0.4 is 5.73 Å². The van der Waals surface area contributed by atoms with Gasteiger partial charge in [-0.1, -0.05) is 6.42 Å². The van der Waals surface area contributed by atoms with Crippen molar-refractivity contribution in [3.05, 3.63) is 0 Å². The molecule has 1 heterocycles. The number of amides is 1. The second-order valence-electron chi connectivity index (χ2n) is 5.71. The van der Waals surface area contributed by atoms with Crippen LogP contribution in [-0.4, -0.2) is 43.2 Å². The summed E-state index contributed by atoms with van der Waals surface area (Å²) in [7, 11) is 0. The van der Waals surface area contributed by atoms with Crippen molar-refractivity contribution in [3.8, 4) is 0 Å². The van der Waals surface area contributed by atoms with Crippen LogP contribution in [0, 0.1) is 11.8 Å². The van der Waals surface area contributed by atoms with E-state index in [1.807, 2.05) is 11.8 Å². The number of carbonyl (C=O) groups excluding carboxylic acids is 1. The Morgan fingerprint density at radius 3 is 2.79 bits per heavy atom. The number of rotatable bonds is 5. The molecule has 0 bridgehead atoms. The zero-order valence-electron chi connectivity index (χ0n) is 11.8. The van der Waals surface area contributed by atoms with Crippen LogP contribution in [-0.2, 0) is 9.53 Å². The van der Waals surface area contributed by atoms with Gasteiger partial charge in [-0.15, -0.1) is 12.4 Å². The Kier molecular flexibility index (Phi) is 7.11. The van der Waals surface area contributed by atoms with Gasteiger partial charge in [0.15, 0.2) is 0 Å². The fraction of sp³-hybridized carbons (Fsp3) is 0.929. The number of likely N-dealkylation sites (tertiary alicyclic amines) is 1. The number of halogens is 1. The van der Waals surface area contributed by atoms with Crippen molar-refractivity contribution < 1.29 is 9.53 Å². The Balaban J connectivity index is 0.00000180. The molecule has 0 spiro atoms. The molecule has 1 saturated heterocycles. The molecule has 0 radical (unpaired) electrons. The van der Waals surface area contributed by atoms with Gasteiger partial charge < -0.3 is 15.4 Å². The highest BCUT2D eigenvalue weighted by atomic mass is 35.5. The second-order valence-corrected chi connectivity index (χ2v) is 5.71. The lowest BCUT2D eigenvalue weighted by atomic mass is 9.99. The van der Waals surface area contributed by atoms with Crippen LogP contribution >= 0.6 is 12.4 Å². The zero-order valence-corrected chi connectivity index (χ0v) is 12.7. The number of nitrogens with zero attached hydrogens (tertiary/aromatic N) is 1. The quantitative estimate of drug-likeness (QED) is 0.840. The molecule has 2 aliphatic rings. The molecule has 1 saturated carbocycles. The summed E-state index contributed by atoms with van der Waals surface area (Å²) in [6, 6.07) is 0.246. The molecular formula is C14H27ClN2O2. The first kappa shape index (κ1) is 16.7. The smallest absolute Gasteiger partial charge is 0.222 e. The van der Waals surface area contributed by atoms with Gasteiger partial charge in [-0.3, -0.25) is 4.79 Å². The van der Waals surface area contributed by atoms with Crippen molar-refractivity contribution in [1.82, 2.24) is 4.90 Å². The van der Waals surface area contributed by atoms with Gasteiger partial charge in [0, 0.05) is 38.1 Å².